The molecular formula is C42H21BN2O2. The molecule has 0 amide bonds. The van der Waals surface area contributed by atoms with Crippen LogP contribution in [0.3, 0.4) is 0 Å². The average molecular weight is 596 g/mol. The SMILES string of the molecule is c1cc2c3c(c1)Oc1c(ccc4c5cccc6c7ccccc7n(c14)c65)B3c1ccc3c4cccc5c6ccccc6n(c3c1O2)c54. The predicted molar refractivity (Wildman–Crippen MR) is 193 cm³/mol. The van der Waals surface area contributed by atoms with Gasteiger partial charge in [0, 0.05) is 48.6 Å². The van der Waals surface area contributed by atoms with Gasteiger partial charge in [0.2, 0.25) is 0 Å². The lowest BCUT2D eigenvalue weighted by Gasteiger charge is -2.33. The van der Waals surface area contributed by atoms with Crippen molar-refractivity contribution in [1.82, 2.24) is 8.80 Å². The summed E-state index contributed by atoms with van der Waals surface area (Å²) in [6.07, 6.45) is 0. The number of nitrogens with zero attached hydrogens (tertiary/aromatic N) is 2. The monoisotopic (exact) mass is 596 g/mol. The molecule has 47 heavy (non-hydrogen) atoms. The van der Waals surface area contributed by atoms with Crippen LogP contribution in [-0.2, 0) is 0 Å². The van der Waals surface area contributed by atoms with Gasteiger partial charge in [0.1, 0.15) is 23.0 Å². The van der Waals surface area contributed by atoms with Crippen molar-refractivity contribution in [3.63, 3.8) is 0 Å². The minimum atomic E-state index is -0.0358. The molecule has 0 radical (unpaired) electrons. The predicted octanol–water partition coefficient (Wildman–Crippen LogP) is 8.71. The van der Waals surface area contributed by atoms with E-state index in [9.17, 15) is 0 Å². The molecule has 5 heteroatoms. The van der Waals surface area contributed by atoms with E-state index in [1.807, 2.05) is 0 Å². The lowest BCUT2D eigenvalue weighted by atomic mass is 9.34. The quantitative estimate of drug-likeness (QED) is 0.164. The van der Waals surface area contributed by atoms with E-state index in [4.69, 9.17) is 9.47 Å². The summed E-state index contributed by atoms with van der Waals surface area (Å²) < 4.78 is 18.9. The summed E-state index contributed by atoms with van der Waals surface area (Å²) in [7, 11) is 0. The third-order valence-electron chi connectivity index (χ3n) is 11.1. The Balaban J connectivity index is 1.19. The van der Waals surface area contributed by atoms with Gasteiger partial charge in [-0.1, -0.05) is 103 Å². The summed E-state index contributed by atoms with van der Waals surface area (Å²) in [6.45, 7) is -0.0358. The molecule has 11 aromatic rings. The first-order chi connectivity index (χ1) is 23.3. The highest BCUT2D eigenvalue weighted by Gasteiger charge is 2.42. The Bertz CT molecular complexity index is 2990. The topological polar surface area (TPSA) is 27.3 Å². The van der Waals surface area contributed by atoms with E-state index in [2.05, 4.69) is 136 Å². The van der Waals surface area contributed by atoms with Gasteiger partial charge in [-0.25, -0.2) is 0 Å². The number of ether oxygens (including phenoxy) is 2. The van der Waals surface area contributed by atoms with Crippen LogP contribution in [0.25, 0.3) is 76.2 Å². The Morgan fingerprint density at radius 3 is 1.28 bits per heavy atom. The molecule has 6 heterocycles. The molecule has 4 nitrogen and oxygen atoms in total. The molecule has 13 rings (SSSR count). The van der Waals surface area contributed by atoms with Crippen LogP contribution in [0.1, 0.15) is 0 Å². The first-order valence-electron chi connectivity index (χ1n) is 16.2. The van der Waals surface area contributed by atoms with Gasteiger partial charge in [-0.3, -0.25) is 0 Å². The maximum Gasteiger partial charge on any atom is 0.260 e. The largest absolute Gasteiger partial charge is 0.456 e. The molecule has 2 aliphatic heterocycles. The molecule has 214 valence electrons. The molecule has 0 spiro atoms. The number of para-hydroxylation sites is 4. The standard InChI is InChI=1S/C42H21BN2O2/c1-3-14-32-22(8-1)24-10-5-12-26-28-18-20-30-41(39(28)44(32)37(24)26)46-34-16-7-17-35-36(34)43(30)31-21-19-29-27-13-6-11-25-23-9-2-4-15-33(23)45(38(25)27)40(29)42(31)47-35/h1-21H. The van der Waals surface area contributed by atoms with Gasteiger partial charge in [-0.2, -0.15) is 0 Å². The number of hydrogen-bond donors (Lipinski definition) is 0. The number of aromatic nitrogens is 2. The molecule has 0 fully saturated rings. The Labute approximate surface area is 267 Å². The first kappa shape index (κ1) is 23.2. The number of hydrogen-bond acceptors (Lipinski definition) is 2. The zero-order chi connectivity index (χ0) is 30.1. The number of fused-ring (bicyclic) bond motifs is 18. The van der Waals surface area contributed by atoms with Gasteiger partial charge in [0.25, 0.3) is 6.71 Å². The second-order valence-electron chi connectivity index (χ2n) is 13.2. The fraction of sp³-hybridized carbons (Fsp3) is 0. The molecule has 0 aliphatic carbocycles. The molecule has 0 saturated heterocycles. The van der Waals surface area contributed by atoms with E-state index >= 15 is 0 Å². The summed E-state index contributed by atoms with van der Waals surface area (Å²) in [6, 6.07) is 46.3. The fourth-order valence-corrected chi connectivity index (χ4v) is 9.34. The van der Waals surface area contributed by atoms with E-state index in [1.54, 1.807) is 0 Å². The molecule has 0 saturated carbocycles. The Morgan fingerprint density at radius 1 is 0.362 bits per heavy atom. The molecule has 7 aromatic carbocycles. The normalized spacial score (nSPS) is 13.8. The van der Waals surface area contributed by atoms with Crippen molar-refractivity contribution in [2.45, 2.75) is 0 Å². The van der Waals surface area contributed by atoms with Crippen molar-refractivity contribution < 1.29 is 9.47 Å². The van der Waals surface area contributed by atoms with Crippen LogP contribution in [0.4, 0.5) is 0 Å². The average Bonchev–Trinajstić information content (AvgIpc) is 3.85. The molecule has 0 N–H and O–H groups in total. The highest BCUT2D eigenvalue weighted by atomic mass is 16.5. The highest BCUT2D eigenvalue weighted by Crippen LogP contribution is 2.47. The Morgan fingerprint density at radius 2 is 0.766 bits per heavy atom. The van der Waals surface area contributed by atoms with Gasteiger partial charge in [0.05, 0.1) is 33.1 Å². The van der Waals surface area contributed by atoms with Gasteiger partial charge >= 0.3 is 0 Å². The van der Waals surface area contributed by atoms with Crippen LogP contribution < -0.4 is 25.9 Å². The summed E-state index contributed by atoms with van der Waals surface area (Å²) >= 11 is 0. The highest BCUT2D eigenvalue weighted by molar-refractivity contribution is 6.98. The summed E-state index contributed by atoms with van der Waals surface area (Å²) in [5.74, 6) is 3.59. The van der Waals surface area contributed by atoms with Crippen LogP contribution in [-0.4, -0.2) is 15.5 Å². The minimum Gasteiger partial charge on any atom is -0.456 e. The lowest BCUT2D eigenvalue weighted by molar-refractivity contribution is 0.468. The Kier molecular flexibility index (Phi) is 3.75. The minimum absolute atomic E-state index is 0.0358. The number of benzene rings is 7. The van der Waals surface area contributed by atoms with Crippen molar-refractivity contribution in [3.8, 4) is 23.0 Å². The summed E-state index contributed by atoms with van der Waals surface area (Å²) in [5, 5.41) is 10.0. The van der Waals surface area contributed by atoms with Crippen LogP contribution in [0.5, 0.6) is 23.0 Å². The van der Waals surface area contributed by atoms with Crippen LogP contribution in [0, 0.1) is 0 Å². The van der Waals surface area contributed by atoms with Gasteiger partial charge < -0.3 is 18.3 Å². The summed E-state index contributed by atoms with van der Waals surface area (Å²) in [5.41, 5.74) is 10.6. The van der Waals surface area contributed by atoms with E-state index < -0.39 is 0 Å². The van der Waals surface area contributed by atoms with Crippen LogP contribution >= 0.6 is 0 Å². The lowest BCUT2D eigenvalue weighted by Crippen LogP contribution is -2.57. The third kappa shape index (κ3) is 2.47. The maximum atomic E-state index is 6.99. The third-order valence-corrected chi connectivity index (χ3v) is 11.1. The fourth-order valence-electron chi connectivity index (χ4n) is 9.34. The van der Waals surface area contributed by atoms with E-state index in [-0.39, 0.29) is 6.71 Å². The van der Waals surface area contributed by atoms with E-state index in [0.29, 0.717) is 0 Å². The zero-order valence-electron chi connectivity index (χ0n) is 24.9. The van der Waals surface area contributed by atoms with Gasteiger partial charge in [-0.05, 0) is 35.2 Å². The van der Waals surface area contributed by atoms with Gasteiger partial charge in [0.15, 0.2) is 0 Å². The molecule has 4 aromatic heterocycles. The first-order valence-corrected chi connectivity index (χ1v) is 16.2. The van der Waals surface area contributed by atoms with Crippen molar-refractivity contribution in [2.75, 3.05) is 0 Å². The van der Waals surface area contributed by atoms with E-state index in [0.717, 1.165) is 39.5 Å². The van der Waals surface area contributed by atoms with Crippen molar-refractivity contribution >= 4 is 99.3 Å². The second kappa shape index (κ2) is 7.60. The summed E-state index contributed by atoms with van der Waals surface area (Å²) in [4.78, 5) is 0. The smallest absolute Gasteiger partial charge is 0.260 e. The van der Waals surface area contributed by atoms with Crippen molar-refractivity contribution in [3.05, 3.63) is 127 Å². The molecule has 0 atom stereocenters. The van der Waals surface area contributed by atoms with Crippen molar-refractivity contribution in [2.24, 2.45) is 0 Å². The Hall–Kier alpha value is -6.20. The molecule has 2 aliphatic rings. The maximum absolute atomic E-state index is 6.99. The van der Waals surface area contributed by atoms with Crippen LogP contribution in [0.15, 0.2) is 127 Å². The molecule has 0 bridgehead atoms. The molecule has 0 unspecified atom stereocenters. The van der Waals surface area contributed by atoms with Crippen molar-refractivity contribution in [1.29, 1.82) is 0 Å². The van der Waals surface area contributed by atoms with Crippen LogP contribution in [0.2, 0.25) is 0 Å². The van der Waals surface area contributed by atoms with Gasteiger partial charge in [-0.15, -0.1) is 0 Å². The zero-order valence-corrected chi connectivity index (χ0v) is 24.9. The number of rotatable bonds is 0. The molecular weight excluding hydrogens is 575 g/mol. The van der Waals surface area contributed by atoms with E-state index in [1.165, 1.54) is 76.1 Å². The second-order valence-corrected chi connectivity index (χ2v) is 13.2.